The smallest absolute Gasteiger partial charge is 0.257 e. The molecule has 1 aliphatic rings. The molecule has 3 heterocycles. The molecule has 3 aromatic carbocycles. The highest BCUT2D eigenvalue weighted by molar-refractivity contribution is 5.96. The Labute approximate surface area is 210 Å². The van der Waals surface area contributed by atoms with Crippen molar-refractivity contribution in [3.8, 4) is 11.1 Å². The summed E-state index contributed by atoms with van der Waals surface area (Å²) < 4.78 is 1.95. The van der Waals surface area contributed by atoms with Crippen molar-refractivity contribution in [2.24, 2.45) is 0 Å². The fourth-order valence-corrected chi connectivity index (χ4v) is 5.07. The molecule has 7 heteroatoms. The van der Waals surface area contributed by atoms with Crippen LogP contribution >= 0.6 is 0 Å². The molecule has 1 aliphatic heterocycles. The van der Waals surface area contributed by atoms with E-state index in [1.54, 1.807) is 6.33 Å². The molecule has 2 aromatic heterocycles. The Hall–Kier alpha value is -4.26. The van der Waals surface area contributed by atoms with E-state index in [-0.39, 0.29) is 5.91 Å². The largest absolute Gasteiger partial charge is 0.329 e. The summed E-state index contributed by atoms with van der Waals surface area (Å²) >= 11 is 0. The molecule has 0 bridgehead atoms. The number of benzene rings is 3. The first-order chi connectivity index (χ1) is 17.6. The zero-order chi connectivity index (χ0) is 24.6. The van der Waals surface area contributed by atoms with Gasteiger partial charge in [0, 0.05) is 36.8 Å². The molecule has 1 fully saturated rings. The highest BCUT2D eigenvalue weighted by Gasteiger charge is 2.21. The van der Waals surface area contributed by atoms with Crippen LogP contribution in [0.3, 0.4) is 0 Å². The van der Waals surface area contributed by atoms with Crippen molar-refractivity contribution in [1.82, 2.24) is 19.6 Å². The van der Waals surface area contributed by atoms with Crippen LogP contribution in [0.15, 0.2) is 73.1 Å². The minimum absolute atomic E-state index is 0.206. The van der Waals surface area contributed by atoms with Crippen molar-refractivity contribution in [2.45, 2.75) is 32.6 Å². The Balaban J connectivity index is 1.37. The van der Waals surface area contributed by atoms with Crippen LogP contribution in [0, 0.1) is 0 Å². The number of aryl methyl sites for hydroxylation is 1. The lowest BCUT2D eigenvalue weighted by molar-refractivity contribution is -0.117. The van der Waals surface area contributed by atoms with Crippen LogP contribution in [-0.4, -0.2) is 39.1 Å². The van der Waals surface area contributed by atoms with Gasteiger partial charge < -0.3 is 9.80 Å². The van der Waals surface area contributed by atoms with Gasteiger partial charge in [-0.05, 0) is 65.9 Å². The Bertz CT molecular complexity index is 1570. The molecule has 0 aliphatic carbocycles. The monoisotopic (exact) mass is 476 g/mol. The Morgan fingerprint density at radius 1 is 1.00 bits per heavy atom. The summed E-state index contributed by atoms with van der Waals surface area (Å²) in [7, 11) is 2.04. The van der Waals surface area contributed by atoms with Crippen molar-refractivity contribution < 1.29 is 4.79 Å². The maximum Gasteiger partial charge on any atom is 0.257 e. The summed E-state index contributed by atoms with van der Waals surface area (Å²) in [4.78, 5) is 20.9. The molecule has 0 saturated carbocycles. The van der Waals surface area contributed by atoms with E-state index in [1.165, 1.54) is 5.56 Å². The molecule has 6 rings (SSSR count). The summed E-state index contributed by atoms with van der Waals surface area (Å²) in [5.41, 5.74) is 6.56. The molecule has 36 heavy (non-hydrogen) atoms. The average molecular weight is 477 g/mol. The molecule has 0 unspecified atom stereocenters. The Morgan fingerprint density at radius 2 is 1.86 bits per heavy atom. The zero-order valence-corrected chi connectivity index (χ0v) is 20.6. The molecule has 1 saturated heterocycles. The fourth-order valence-electron chi connectivity index (χ4n) is 5.07. The molecular formula is C29H28N6O. The van der Waals surface area contributed by atoms with Crippen LogP contribution in [0.25, 0.3) is 27.8 Å². The lowest BCUT2D eigenvalue weighted by Crippen LogP contribution is -2.23. The first-order valence-corrected chi connectivity index (χ1v) is 12.5. The van der Waals surface area contributed by atoms with Crippen molar-refractivity contribution in [2.75, 3.05) is 23.4 Å². The molecule has 0 atom stereocenters. The average Bonchev–Trinajstić information content (AvgIpc) is 3.57. The summed E-state index contributed by atoms with van der Waals surface area (Å²) in [5, 5.41) is 9.39. The number of amides is 1. The lowest BCUT2D eigenvalue weighted by atomic mass is 10.0. The number of anilines is 3. The van der Waals surface area contributed by atoms with E-state index in [1.807, 2.05) is 28.5 Å². The fraction of sp³-hybridized carbons (Fsp3) is 0.241. The van der Waals surface area contributed by atoms with E-state index in [2.05, 4.69) is 76.6 Å². The highest BCUT2D eigenvalue weighted by Crippen LogP contribution is 2.33. The van der Waals surface area contributed by atoms with Gasteiger partial charge in [0.15, 0.2) is 0 Å². The lowest BCUT2D eigenvalue weighted by Gasteiger charge is -2.21. The molecule has 1 amide bonds. The number of aromatic nitrogens is 4. The van der Waals surface area contributed by atoms with Crippen molar-refractivity contribution in [3.05, 3.63) is 78.6 Å². The van der Waals surface area contributed by atoms with Gasteiger partial charge in [0.25, 0.3) is 5.78 Å². The third kappa shape index (κ3) is 3.86. The van der Waals surface area contributed by atoms with Crippen LogP contribution in [0.2, 0.25) is 0 Å². The minimum atomic E-state index is 0.206. The van der Waals surface area contributed by atoms with E-state index in [0.29, 0.717) is 12.2 Å². The zero-order valence-electron chi connectivity index (χ0n) is 20.6. The second-order valence-electron chi connectivity index (χ2n) is 9.34. The quantitative estimate of drug-likeness (QED) is 0.310. The number of fused-ring (bicyclic) bond motifs is 3. The van der Waals surface area contributed by atoms with Gasteiger partial charge in [0.05, 0.1) is 5.52 Å². The van der Waals surface area contributed by atoms with Gasteiger partial charge in [-0.1, -0.05) is 43.7 Å². The van der Waals surface area contributed by atoms with E-state index >= 15 is 0 Å². The van der Waals surface area contributed by atoms with Crippen molar-refractivity contribution in [3.63, 3.8) is 0 Å². The van der Waals surface area contributed by atoms with Crippen LogP contribution in [-0.2, 0) is 11.2 Å². The molecule has 180 valence electrons. The number of nitrogens with zero attached hydrogens (tertiary/aromatic N) is 6. The van der Waals surface area contributed by atoms with Crippen LogP contribution in [0.1, 0.15) is 31.7 Å². The van der Waals surface area contributed by atoms with Gasteiger partial charge in [-0.25, -0.2) is 0 Å². The first-order valence-electron chi connectivity index (χ1n) is 12.5. The molecule has 0 N–H and O–H groups in total. The van der Waals surface area contributed by atoms with Gasteiger partial charge in [-0.2, -0.15) is 4.98 Å². The molecule has 0 spiro atoms. The highest BCUT2D eigenvalue weighted by atomic mass is 16.2. The third-order valence-electron chi connectivity index (χ3n) is 6.97. The van der Waals surface area contributed by atoms with Gasteiger partial charge in [0.2, 0.25) is 5.91 Å². The predicted molar refractivity (Wildman–Crippen MR) is 144 cm³/mol. The number of hydrogen-bond donors (Lipinski definition) is 0. The summed E-state index contributed by atoms with van der Waals surface area (Å²) in [5.74, 6) is 1.63. The Kier molecular flexibility index (Phi) is 5.60. The summed E-state index contributed by atoms with van der Waals surface area (Å²) in [6, 6.07) is 23.2. The van der Waals surface area contributed by atoms with Gasteiger partial charge in [-0.3, -0.25) is 9.20 Å². The van der Waals surface area contributed by atoms with Gasteiger partial charge >= 0.3 is 0 Å². The third-order valence-corrected chi connectivity index (χ3v) is 6.97. The van der Waals surface area contributed by atoms with E-state index in [0.717, 1.165) is 65.0 Å². The predicted octanol–water partition coefficient (Wildman–Crippen LogP) is 5.79. The topological polar surface area (TPSA) is 66.6 Å². The summed E-state index contributed by atoms with van der Waals surface area (Å²) in [6.45, 7) is 2.99. The van der Waals surface area contributed by atoms with E-state index in [9.17, 15) is 4.79 Å². The van der Waals surface area contributed by atoms with Crippen LogP contribution < -0.4 is 9.80 Å². The summed E-state index contributed by atoms with van der Waals surface area (Å²) in [6.07, 6.45) is 5.42. The minimum Gasteiger partial charge on any atom is -0.329 e. The van der Waals surface area contributed by atoms with Gasteiger partial charge in [0.1, 0.15) is 12.1 Å². The molecule has 7 nitrogen and oxygen atoms in total. The van der Waals surface area contributed by atoms with Crippen molar-refractivity contribution >= 4 is 39.8 Å². The standard InChI is InChI=1S/C29H28N6O/c1-3-6-20-10-15-25-26(17-20)35-19-30-32-29(35)31-28(25)33(2)24-8-4-7-22(18-24)21-11-13-23(14-12-21)34-16-5-9-27(34)36/h4,7-8,10-15,17-19H,3,5-6,9,16H2,1-2H3. The van der Waals surface area contributed by atoms with Gasteiger partial charge in [-0.15, -0.1) is 10.2 Å². The van der Waals surface area contributed by atoms with Crippen molar-refractivity contribution in [1.29, 1.82) is 0 Å². The van der Waals surface area contributed by atoms with Crippen LogP contribution in [0.5, 0.6) is 0 Å². The van der Waals surface area contributed by atoms with E-state index in [4.69, 9.17) is 4.98 Å². The number of carbonyl (C=O) groups excluding carboxylic acids is 1. The number of hydrogen-bond acceptors (Lipinski definition) is 5. The maximum absolute atomic E-state index is 12.1. The molecule has 0 radical (unpaired) electrons. The SMILES string of the molecule is CCCc1ccc2c(N(C)c3cccc(-c4ccc(N5CCCC5=O)cc4)c3)nc3nncn3c2c1. The number of carbonyl (C=O) groups is 1. The normalized spacial score (nSPS) is 13.7. The van der Waals surface area contributed by atoms with E-state index < -0.39 is 0 Å². The van der Waals surface area contributed by atoms with Crippen LogP contribution in [0.4, 0.5) is 17.2 Å². The Morgan fingerprint density at radius 3 is 2.64 bits per heavy atom. The molecular weight excluding hydrogens is 448 g/mol. The second kappa shape index (κ2) is 9.07. The second-order valence-corrected chi connectivity index (χ2v) is 9.34. The number of rotatable bonds is 6. The maximum atomic E-state index is 12.1. The molecule has 5 aromatic rings. The first kappa shape index (κ1) is 22.2.